The fourth-order valence-corrected chi connectivity index (χ4v) is 3.33. The van der Waals surface area contributed by atoms with Crippen LogP contribution in [0.1, 0.15) is 0 Å². The lowest BCUT2D eigenvalue weighted by Crippen LogP contribution is -2.11. The summed E-state index contributed by atoms with van der Waals surface area (Å²) < 4.78 is 50.0. The molecule has 0 atom stereocenters. The van der Waals surface area contributed by atoms with E-state index in [4.69, 9.17) is 21.1 Å². The smallest absolute Gasteiger partial charge is 0.229 e. The molecule has 1 aromatic heterocycles. The van der Waals surface area contributed by atoms with Crippen LogP contribution >= 0.6 is 11.6 Å². The minimum Gasteiger partial charge on any atom is -0.497 e. The third-order valence-electron chi connectivity index (χ3n) is 3.94. The Kier molecular flexibility index (Phi) is 6.66. The minimum atomic E-state index is -3.56. The monoisotopic (exact) mass is 467 g/mol. The Bertz CT molecular complexity index is 1210. The first kappa shape index (κ1) is 22.4. The Morgan fingerprint density at radius 3 is 2.48 bits per heavy atom. The van der Waals surface area contributed by atoms with Gasteiger partial charge < -0.3 is 20.1 Å². The van der Waals surface area contributed by atoms with Crippen LogP contribution < -0.4 is 24.8 Å². The molecule has 9 nitrogen and oxygen atoms in total. The van der Waals surface area contributed by atoms with Crippen molar-refractivity contribution in [3.63, 3.8) is 0 Å². The van der Waals surface area contributed by atoms with E-state index >= 15 is 0 Å². The van der Waals surface area contributed by atoms with Crippen molar-refractivity contribution in [2.75, 3.05) is 35.8 Å². The number of nitrogens with zero attached hydrogens (tertiary/aromatic N) is 2. The number of methoxy groups -OCH3 is 2. The highest BCUT2D eigenvalue weighted by Crippen LogP contribution is 2.33. The van der Waals surface area contributed by atoms with Gasteiger partial charge in [-0.1, -0.05) is 17.7 Å². The number of hydrogen-bond acceptors (Lipinski definition) is 8. The average Bonchev–Trinajstić information content (AvgIpc) is 2.70. The molecular formula is C19H19ClFN5O4S. The molecule has 0 radical (unpaired) electrons. The van der Waals surface area contributed by atoms with Crippen LogP contribution in [0.4, 0.5) is 33.2 Å². The van der Waals surface area contributed by atoms with Gasteiger partial charge in [0.05, 0.1) is 43.7 Å². The molecule has 0 spiro atoms. The summed E-state index contributed by atoms with van der Waals surface area (Å²) in [5.74, 6) is 0.212. The zero-order valence-corrected chi connectivity index (χ0v) is 18.3. The quantitative estimate of drug-likeness (QED) is 0.452. The first-order chi connectivity index (χ1) is 14.7. The maximum atomic E-state index is 13.9. The highest BCUT2D eigenvalue weighted by molar-refractivity contribution is 7.92. The van der Waals surface area contributed by atoms with E-state index in [0.29, 0.717) is 17.1 Å². The standard InChI is InChI=1S/C19H19ClFN5O4S/c1-29-11-7-8-14(16(9-11)26-31(3,27)28)23-18-12(20)10-22-19(25-18)24-15-6-4-5-13(21)17(15)30-2/h4-10,26H,1-3H3,(H2,22,23,24,25). The van der Waals surface area contributed by atoms with Gasteiger partial charge in [-0.3, -0.25) is 4.72 Å². The number of rotatable bonds is 8. The number of aromatic nitrogens is 2. The second-order valence-corrected chi connectivity index (χ2v) is 8.40. The minimum absolute atomic E-state index is 0.00496. The van der Waals surface area contributed by atoms with Gasteiger partial charge in [-0.05, 0) is 24.3 Å². The highest BCUT2D eigenvalue weighted by atomic mass is 35.5. The second-order valence-electron chi connectivity index (χ2n) is 6.25. The van der Waals surface area contributed by atoms with E-state index in [1.165, 1.54) is 38.6 Å². The summed E-state index contributed by atoms with van der Waals surface area (Å²) in [6.07, 6.45) is 2.38. The molecule has 2 aromatic carbocycles. The molecule has 1 heterocycles. The van der Waals surface area contributed by atoms with Crippen LogP contribution in [-0.2, 0) is 10.0 Å². The average molecular weight is 468 g/mol. The Hall–Kier alpha value is -3.31. The van der Waals surface area contributed by atoms with Gasteiger partial charge >= 0.3 is 0 Å². The van der Waals surface area contributed by atoms with E-state index < -0.39 is 15.8 Å². The number of para-hydroxylation sites is 1. The van der Waals surface area contributed by atoms with Crippen molar-refractivity contribution in [1.82, 2.24) is 9.97 Å². The topological polar surface area (TPSA) is 114 Å². The molecule has 0 aliphatic rings. The Balaban J connectivity index is 1.94. The van der Waals surface area contributed by atoms with E-state index in [1.54, 1.807) is 18.2 Å². The zero-order chi connectivity index (χ0) is 22.6. The predicted octanol–water partition coefficient (Wildman–Crippen LogP) is 4.15. The molecule has 0 aliphatic heterocycles. The van der Waals surface area contributed by atoms with Crippen LogP contribution in [0.3, 0.4) is 0 Å². The maximum Gasteiger partial charge on any atom is 0.229 e. The van der Waals surface area contributed by atoms with Gasteiger partial charge in [0.15, 0.2) is 17.4 Å². The molecule has 31 heavy (non-hydrogen) atoms. The SMILES string of the molecule is COc1ccc(Nc2nc(Nc3cccc(F)c3OC)ncc2Cl)c(NS(C)(=O)=O)c1. The van der Waals surface area contributed by atoms with Gasteiger partial charge in [-0.25, -0.2) is 17.8 Å². The number of hydrogen-bond donors (Lipinski definition) is 3. The van der Waals surface area contributed by atoms with E-state index in [-0.39, 0.29) is 28.2 Å². The Labute approximate surface area is 183 Å². The molecular weight excluding hydrogens is 449 g/mol. The summed E-state index contributed by atoms with van der Waals surface area (Å²) in [6, 6.07) is 9.13. The third kappa shape index (κ3) is 5.64. The van der Waals surface area contributed by atoms with Gasteiger partial charge in [0, 0.05) is 6.07 Å². The molecule has 3 rings (SSSR count). The van der Waals surface area contributed by atoms with Gasteiger partial charge in [-0.2, -0.15) is 4.98 Å². The van der Waals surface area contributed by atoms with Gasteiger partial charge in [0.2, 0.25) is 16.0 Å². The number of nitrogens with one attached hydrogen (secondary N) is 3. The third-order valence-corrected chi connectivity index (χ3v) is 4.80. The first-order valence-electron chi connectivity index (χ1n) is 8.75. The van der Waals surface area contributed by atoms with Crippen molar-refractivity contribution in [3.05, 3.63) is 53.4 Å². The summed E-state index contributed by atoms with van der Waals surface area (Å²) in [6.45, 7) is 0. The normalized spacial score (nSPS) is 11.0. The van der Waals surface area contributed by atoms with Crippen molar-refractivity contribution in [2.45, 2.75) is 0 Å². The van der Waals surface area contributed by atoms with Crippen LogP contribution in [0, 0.1) is 5.82 Å². The highest BCUT2D eigenvalue weighted by Gasteiger charge is 2.14. The predicted molar refractivity (Wildman–Crippen MR) is 118 cm³/mol. The summed E-state index contributed by atoms with van der Waals surface area (Å²) in [4.78, 5) is 8.38. The molecule has 0 aliphatic carbocycles. The van der Waals surface area contributed by atoms with Crippen LogP contribution in [0.5, 0.6) is 11.5 Å². The number of ether oxygens (including phenoxy) is 2. The number of halogens is 2. The van der Waals surface area contributed by atoms with Gasteiger partial charge in [0.1, 0.15) is 10.8 Å². The van der Waals surface area contributed by atoms with Gasteiger partial charge in [-0.15, -0.1) is 0 Å². The summed E-state index contributed by atoms with van der Waals surface area (Å²) in [5, 5.41) is 6.02. The Morgan fingerprint density at radius 2 is 1.81 bits per heavy atom. The maximum absolute atomic E-state index is 13.9. The molecule has 0 fully saturated rings. The van der Waals surface area contributed by atoms with Crippen molar-refractivity contribution in [1.29, 1.82) is 0 Å². The zero-order valence-electron chi connectivity index (χ0n) is 16.7. The number of anilines is 5. The van der Waals surface area contributed by atoms with Crippen LogP contribution in [0.2, 0.25) is 5.02 Å². The van der Waals surface area contributed by atoms with E-state index in [0.717, 1.165) is 6.26 Å². The van der Waals surface area contributed by atoms with E-state index in [1.807, 2.05) is 0 Å². The molecule has 3 N–H and O–H groups in total. The largest absolute Gasteiger partial charge is 0.497 e. The number of benzene rings is 2. The van der Waals surface area contributed by atoms with E-state index in [9.17, 15) is 12.8 Å². The lowest BCUT2D eigenvalue weighted by atomic mass is 10.2. The van der Waals surface area contributed by atoms with Crippen molar-refractivity contribution < 1.29 is 22.3 Å². The lowest BCUT2D eigenvalue weighted by Gasteiger charge is -2.15. The number of sulfonamides is 1. The second kappa shape index (κ2) is 9.23. The van der Waals surface area contributed by atoms with Crippen LogP contribution in [0.15, 0.2) is 42.6 Å². The first-order valence-corrected chi connectivity index (χ1v) is 11.0. The molecule has 0 saturated carbocycles. The molecule has 0 bridgehead atoms. The van der Waals surface area contributed by atoms with Crippen molar-refractivity contribution in [3.8, 4) is 11.5 Å². The summed E-state index contributed by atoms with van der Waals surface area (Å²) in [7, 11) is -0.749. The van der Waals surface area contributed by atoms with Crippen LogP contribution in [-0.4, -0.2) is 38.9 Å². The van der Waals surface area contributed by atoms with Gasteiger partial charge in [0.25, 0.3) is 0 Å². The molecule has 0 amide bonds. The summed E-state index contributed by atoms with van der Waals surface area (Å²) >= 11 is 6.21. The van der Waals surface area contributed by atoms with E-state index in [2.05, 4.69) is 25.3 Å². The molecule has 12 heteroatoms. The molecule has 3 aromatic rings. The van der Waals surface area contributed by atoms with Crippen LogP contribution in [0.25, 0.3) is 0 Å². The summed E-state index contributed by atoms with van der Waals surface area (Å²) in [5.41, 5.74) is 0.929. The molecule has 164 valence electrons. The Morgan fingerprint density at radius 1 is 1.03 bits per heavy atom. The molecule has 0 saturated heterocycles. The molecule has 0 unspecified atom stereocenters. The fourth-order valence-electron chi connectivity index (χ4n) is 2.62. The lowest BCUT2D eigenvalue weighted by molar-refractivity contribution is 0.388. The van der Waals surface area contributed by atoms with Crippen molar-refractivity contribution in [2.24, 2.45) is 0 Å². The fraction of sp³-hybridized carbons (Fsp3) is 0.158. The van der Waals surface area contributed by atoms with Crippen molar-refractivity contribution >= 4 is 50.5 Å².